The average molecular weight is 1070 g/mol. The normalized spacial score (nSPS) is 30.6. The zero-order chi connectivity index (χ0) is 55.6. The van der Waals surface area contributed by atoms with Gasteiger partial charge in [-0.05, 0) is 22.3 Å². The molecule has 0 fully saturated rings. The van der Waals surface area contributed by atoms with Gasteiger partial charge >= 0.3 is 0 Å². The molecule has 0 saturated carbocycles. The van der Waals surface area contributed by atoms with Crippen LogP contribution in [0.25, 0.3) is 0 Å². The first-order chi connectivity index (χ1) is 38.6. The van der Waals surface area contributed by atoms with Gasteiger partial charge in [-0.2, -0.15) is 0 Å². The van der Waals surface area contributed by atoms with Crippen molar-refractivity contribution < 1.29 is 79.0 Å². The fraction of sp³-hybridized carbons (Fsp3) is 0.188. The maximum Gasteiger partial charge on any atom is 0.202 e. The molecular weight excluding hydrogens is 1020 g/mol. The Morgan fingerprint density at radius 2 is 0.400 bits per heavy atom. The SMILES string of the molecule is O=C1c2ccccc2[C@@H](O)[C@@]12O[C@H](O)c1ccccc12.O=C1c2ccccc2[C@@H](O)[C@@]12O[C@H](O)c1ccccc12.O=C1c2ccccc2[C@H](O)[C@]12O[C@@H](O)c1ccccc12.O=C1c2ccccc2[C@H](O)[C@]12O[C@@H](O)c1ccccc12. The van der Waals surface area contributed by atoms with Gasteiger partial charge in [-0.25, -0.2) is 0 Å². The molecule has 0 aromatic heterocycles. The first kappa shape index (κ1) is 51.4. The highest BCUT2D eigenvalue weighted by molar-refractivity contribution is 6.11. The van der Waals surface area contributed by atoms with Gasteiger partial charge in [0.1, 0.15) is 24.4 Å². The zero-order valence-corrected chi connectivity index (χ0v) is 41.9. The highest BCUT2D eigenvalue weighted by Crippen LogP contribution is 2.59. The number of aliphatic hydroxyl groups excluding tert-OH is 8. The molecule has 12 atom stereocenters. The molecule has 16 nitrogen and oxygen atoms in total. The summed E-state index contributed by atoms with van der Waals surface area (Å²) in [6.07, 6.45) is -9.21. The molecule has 4 heterocycles. The molecule has 0 unspecified atom stereocenters. The highest BCUT2D eigenvalue weighted by atomic mass is 16.7. The molecule has 80 heavy (non-hydrogen) atoms. The molecule has 0 bridgehead atoms. The molecule has 8 N–H and O–H groups in total. The summed E-state index contributed by atoms with van der Waals surface area (Å²) in [7, 11) is 0. The van der Waals surface area contributed by atoms with Crippen molar-refractivity contribution in [3.63, 3.8) is 0 Å². The average Bonchev–Trinajstić information content (AvgIpc) is 4.51. The molecule has 4 aliphatic carbocycles. The van der Waals surface area contributed by atoms with Gasteiger partial charge in [-0.15, -0.1) is 0 Å². The molecule has 16 rings (SSSR count). The maximum atomic E-state index is 12.7. The van der Waals surface area contributed by atoms with Crippen LogP contribution in [0.5, 0.6) is 0 Å². The van der Waals surface area contributed by atoms with Gasteiger partial charge in [0.05, 0.1) is 0 Å². The summed E-state index contributed by atoms with van der Waals surface area (Å²) in [4.78, 5) is 51.0. The Morgan fingerprint density at radius 3 is 0.588 bits per heavy atom. The largest absolute Gasteiger partial charge is 0.384 e. The van der Waals surface area contributed by atoms with Crippen LogP contribution in [0, 0.1) is 0 Å². The van der Waals surface area contributed by atoms with E-state index in [-0.39, 0.29) is 23.1 Å². The molecular formula is C64H48O16. The predicted octanol–water partition coefficient (Wildman–Crippen LogP) is 7.33. The van der Waals surface area contributed by atoms with Crippen LogP contribution in [0.1, 0.15) is 158 Å². The maximum absolute atomic E-state index is 12.7. The number of Topliss-reactive ketones (excluding diaryl/α,β-unsaturated/α-hetero) is 4. The number of ketones is 4. The lowest BCUT2D eigenvalue weighted by atomic mass is 9.87. The van der Waals surface area contributed by atoms with Gasteiger partial charge in [-0.1, -0.05) is 194 Å². The van der Waals surface area contributed by atoms with Crippen molar-refractivity contribution in [2.45, 2.75) is 72.0 Å². The minimum absolute atomic E-state index is 0.301. The van der Waals surface area contributed by atoms with Crippen LogP contribution in [0.3, 0.4) is 0 Å². The molecule has 8 aromatic carbocycles. The molecule has 4 spiro atoms. The summed E-state index contributed by atoms with van der Waals surface area (Å²) < 4.78 is 22.2. The van der Waals surface area contributed by atoms with Crippen molar-refractivity contribution in [1.82, 2.24) is 0 Å². The van der Waals surface area contributed by atoms with E-state index in [0.717, 1.165) is 0 Å². The van der Waals surface area contributed by atoms with Crippen molar-refractivity contribution >= 4 is 23.1 Å². The lowest BCUT2D eigenvalue weighted by Crippen LogP contribution is -2.36. The smallest absolute Gasteiger partial charge is 0.202 e. The first-order valence-corrected chi connectivity index (χ1v) is 25.7. The second-order valence-electron chi connectivity index (χ2n) is 20.4. The standard InChI is InChI=1S/4C16H12O4/c4*17-13-9-5-1-2-6-10(9)14(18)16(13)12-8-4-3-7-11(12)15(19)20-16/h4*1-8,13,15,17,19H/t4*13-,15+,16-/m1100/s1. The molecule has 0 saturated heterocycles. The van der Waals surface area contributed by atoms with E-state index in [1.54, 1.807) is 194 Å². The van der Waals surface area contributed by atoms with Gasteiger partial charge in [0.2, 0.25) is 23.1 Å². The number of carbonyl (C=O) groups excluding carboxylic acids is 4. The number of ether oxygens (including phenoxy) is 4. The monoisotopic (exact) mass is 1070 g/mol. The third kappa shape index (κ3) is 6.88. The minimum Gasteiger partial charge on any atom is -0.384 e. The molecule has 0 amide bonds. The first-order valence-electron chi connectivity index (χ1n) is 25.7. The Morgan fingerprint density at radius 1 is 0.237 bits per heavy atom. The molecule has 16 heteroatoms. The topological polar surface area (TPSA) is 267 Å². The van der Waals surface area contributed by atoms with Crippen LogP contribution < -0.4 is 0 Å². The van der Waals surface area contributed by atoms with Crippen LogP contribution in [0.15, 0.2) is 194 Å². The van der Waals surface area contributed by atoms with E-state index < -0.39 is 72.0 Å². The van der Waals surface area contributed by atoms with Crippen molar-refractivity contribution in [3.05, 3.63) is 283 Å². The van der Waals surface area contributed by atoms with E-state index in [2.05, 4.69) is 0 Å². The molecule has 8 aromatic rings. The molecule has 8 aliphatic rings. The van der Waals surface area contributed by atoms with Gasteiger partial charge in [0, 0.05) is 66.8 Å². The summed E-state index contributed by atoms with van der Waals surface area (Å²) in [5, 5.41) is 82.6. The number of fused-ring (bicyclic) bond motifs is 12. The van der Waals surface area contributed by atoms with Crippen molar-refractivity contribution in [2.24, 2.45) is 0 Å². The summed E-state index contributed by atoms with van der Waals surface area (Å²) in [6.45, 7) is 0. The van der Waals surface area contributed by atoms with Gasteiger partial charge < -0.3 is 59.8 Å². The lowest BCUT2D eigenvalue weighted by molar-refractivity contribution is -0.185. The lowest BCUT2D eigenvalue weighted by Gasteiger charge is -2.26. The number of benzene rings is 8. The van der Waals surface area contributed by atoms with Crippen LogP contribution in [0.2, 0.25) is 0 Å². The zero-order valence-electron chi connectivity index (χ0n) is 41.9. The Kier molecular flexibility index (Phi) is 12.1. The van der Waals surface area contributed by atoms with E-state index in [4.69, 9.17) is 18.9 Å². The van der Waals surface area contributed by atoms with Gasteiger partial charge in [0.25, 0.3) is 0 Å². The summed E-state index contributed by atoms with van der Waals surface area (Å²) in [5.74, 6) is -1.21. The van der Waals surface area contributed by atoms with Crippen LogP contribution >= 0.6 is 0 Å². The van der Waals surface area contributed by atoms with Crippen molar-refractivity contribution in [3.8, 4) is 0 Å². The fourth-order valence-corrected chi connectivity index (χ4v) is 12.9. The minimum atomic E-state index is -1.51. The van der Waals surface area contributed by atoms with Crippen LogP contribution in [-0.4, -0.2) is 64.0 Å². The Labute approximate surface area is 455 Å². The number of carbonyl (C=O) groups is 4. The van der Waals surface area contributed by atoms with E-state index in [1.165, 1.54) is 0 Å². The van der Waals surface area contributed by atoms with Gasteiger partial charge in [0.15, 0.2) is 47.6 Å². The number of aliphatic hydroxyl groups is 8. The second kappa shape index (κ2) is 18.8. The summed E-state index contributed by atoms with van der Waals surface area (Å²) in [5.41, 5.74) is 2.22. The quantitative estimate of drug-likeness (QED) is 0.0739. The summed E-state index contributed by atoms with van der Waals surface area (Å²) >= 11 is 0. The number of rotatable bonds is 0. The fourth-order valence-electron chi connectivity index (χ4n) is 12.9. The van der Waals surface area contributed by atoms with Crippen LogP contribution in [-0.2, 0) is 41.4 Å². The van der Waals surface area contributed by atoms with Crippen molar-refractivity contribution in [1.29, 1.82) is 0 Å². The van der Waals surface area contributed by atoms with Crippen molar-refractivity contribution in [2.75, 3.05) is 0 Å². The van der Waals surface area contributed by atoms with Gasteiger partial charge in [-0.3, -0.25) is 19.2 Å². The number of hydrogen-bond acceptors (Lipinski definition) is 16. The predicted molar refractivity (Wildman–Crippen MR) is 280 cm³/mol. The Hall–Kier alpha value is -8.04. The third-order valence-corrected chi connectivity index (χ3v) is 16.6. The van der Waals surface area contributed by atoms with E-state index in [0.29, 0.717) is 89.0 Å². The Balaban J connectivity index is 0.000000101. The Bertz CT molecular complexity index is 3400. The number of hydrogen-bond donors (Lipinski definition) is 8. The van der Waals surface area contributed by atoms with E-state index in [1.807, 2.05) is 0 Å². The summed E-state index contributed by atoms with van der Waals surface area (Å²) in [6, 6.07) is 55.5. The molecule has 4 aliphatic heterocycles. The van der Waals surface area contributed by atoms with E-state index in [9.17, 15) is 60.0 Å². The second-order valence-corrected chi connectivity index (χ2v) is 20.4. The third-order valence-electron chi connectivity index (χ3n) is 16.6. The molecule has 0 radical (unpaired) electrons. The molecule has 400 valence electrons. The van der Waals surface area contributed by atoms with E-state index >= 15 is 0 Å². The highest BCUT2D eigenvalue weighted by Gasteiger charge is 2.64. The van der Waals surface area contributed by atoms with Crippen LogP contribution in [0.4, 0.5) is 0 Å².